The van der Waals surface area contributed by atoms with Crippen LogP contribution < -0.4 is 5.32 Å². The zero-order valence-corrected chi connectivity index (χ0v) is 19.6. The average Bonchev–Trinajstić information content (AvgIpc) is 3.05. The maximum atomic E-state index is 12.8. The van der Waals surface area contributed by atoms with E-state index < -0.39 is 17.1 Å². The van der Waals surface area contributed by atoms with Crippen molar-refractivity contribution in [1.29, 1.82) is 0 Å². The van der Waals surface area contributed by atoms with Crippen molar-refractivity contribution < 1.29 is 15.0 Å². The largest absolute Gasteiger partial charge is 0.392 e. The van der Waals surface area contributed by atoms with Crippen LogP contribution in [0.3, 0.4) is 0 Å². The average molecular weight is 445 g/mol. The van der Waals surface area contributed by atoms with E-state index in [0.29, 0.717) is 35.9 Å². The number of fused-ring (bicyclic) bond motifs is 5. The predicted octanol–water partition coefficient (Wildman–Crippen LogP) is 4.22. The molecule has 6 atom stereocenters. The Balaban J connectivity index is 1.41. The van der Waals surface area contributed by atoms with Crippen molar-refractivity contribution in [3.63, 3.8) is 0 Å². The Morgan fingerprint density at radius 1 is 1.24 bits per heavy atom. The summed E-state index contributed by atoms with van der Waals surface area (Å²) in [5.41, 5.74) is 3.09. The molecule has 5 rings (SSSR count). The van der Waals surface area contributed by atoms with Gasteiger partial charge in [0.05, 0.1) is 18.0 Å². The van der Waals surface area contributed by atoms with Gasteiger partial charge in [0.1, 0.15) is 5.60 Å². The molecule has 3 aliphatic rings. The van der Waals surface area contributed by atoms with Crippen LogP contribution in [0, 0.1) is 36.0 Å². The number of carbonyl (C=O) groups excluding carboxylic acids is 1. The van der Waals surface area contributed by atoms with E-state index in [-0.39, 0.29) is 11.8 Å². The molecular weight excluding hydrogens is 412 g/mol. The maximum absolute atomic E-state index is 12.8. The number of nitrogens with one attached hydrogen (secondary N) is 1. The van der Waals surface area contributed by atoms with Crippen LogP contribution in [0.2, 0.25) is 0 Å². The van der Waals surface area contributed by atoms with Crippen molar-refractivity contribution in [3.8, 4) is 11.8 Å². The lowest BCUT2D eigenvalue weighted by molar-refractivity contribution is -0.107. The number of aliphatic hydroxyl groups is 2. The fraction of sp³-hybridized carbons (Fsp3) is 0.500. The van der Waals surface area contributed by atoms with E-state index in [1.807, 2.05) is 37.3 Å². The lowest BCUT2D eigenvalue weighted by Gasteiger charge is -2.54. The lowest BCUT2D eigenvalue weighted by Crippen LogP contribution is -2.54. The van der Waals surface area contributed by atoms with E-state index in [1.54, 1.807) is 13.1 Å². The van der Waals surface area contributed by atoms with Crippen LogP contribution in [-0.4, -0.2) is 32.8 Å². The molecule has 0 aliphatic heterocycles. The molecule has 33 heavy (non-hydrogen) atoms. The van der Waals surface area contributed by atoms with Crippen LogP contribution >= 0.6 is 0 Å². The molecule has 0 bridgehead atoms. The van der Waals surface area contributed by atoms with Crippen LogP contribution in [0.5, 0.6) is 0 Å². The summed E-state index contributed by atoms with van der Waals surface area (Å²) in [6, 6.07) is 9.61. The van der Waals surface area contributed by atoms with Gasteiger partial charge in [0.2, 0.25) is 0 Å². The van der Waals surface area contributed by atoms with Gasteiger partial charge in [-0.05, 0) is 93.2 Å². The number of aromatic nitrogens is 1. The highest BCUT2D eigenvalue weighted by Gasteiger charge is 2.63. The van der Waals surface area contributed by atoms with Crippen molar-refractivity contribution in [2.24, 2.45) is 17.3 Å². The first-order chi connectivity index (χ1) is 15.8. The fourth-order valence-electron chi connectivity index (χ4n) is 6.97. The Morgan fingerprint density at radius 2 is 2.06 bits per heavy atom. The summed E-state index contributed by atoms with van der Waals surface area (Å²) in [5, 5.41) is 25.6. The number of anilines is 1. The molecule has 0 unspecified atom stereocenters. The van der Waals surface area contributed by atoms with Gasteiger partial charge in [0.15, 0.2) is 0 Å². The monoisotopic (exact) mass is 444 g/mol. The molecule has 2 aromatic rings. The van der Waals surface area contributed by atoms with E-state index in [2.05, 4.69) is 29.1 Å². The van der Waals surface area contributed by atoms with Gasteiger partial charge in [0.25, 0.3) is 5.91 Å². The third kappa shape index (κ3) is 3.48. The van der Waals surface area contributed by atoms with Crippen molar-refractivity contribution >= 4 is 11.6 Å². The summed E-state index contributed by atoms with van der Waals surface area (Å²) in [4.78, 5) is 17.1. The molecule has 2 fully saturated rings. The number of pyridine rings is 1. The first kappa shape index (κ1) is 22.1. The molecular formula is C28H32N2O3. The van der Waals surface area contributed by atoms with E-state index in [0.717, 1.165) is 36.1 Å². The molecule has 5 nitrogen and oxygen atoms in total. The van der Waals surface area contributed by atoms with E-state index in [4.69, 9.17) is 0 Å². The Morgan fingerprint density at radius 3 is 2.79 bits per heavy atom. The quantitative estimate of drug-likeness (QED) is 0.606. The third-order valence-corrected chi connectivity index (χ3v) is 8.62. The molecule has 0 saturated heterocycles. The van der Waals surface area contributed by atoms with Gasteiger partial charge in [-0.25, -0.2) is 0 Å². The number of hydrogen-bond acceptors (Lipinski definition) is 4. The smallest absolute Gasteiger partial charge is 0.255 e. The highest BCUT2D eigenvalue weighted by atomic mass is 16.3. The number of nitrogens with zero attached hydrogens (tertiary/aromatic N) is 1. The second-order valence-corrected chi connectivity index (χ2v) is 10.4. The Labute approximate surface area is 195 Å². The summed E-state index contributed by atoms with van der Waals surface area (Å²) in [5.74, 6) is 6.55. The first-order valence-corrected chi connectivity index (χ1v) is 12.0. The molecule has 172 valence electrons. The predicted molar refractivity (Wildman–Crippen MR) is 128 cm³/mol. The number of amides is 1. The Kier molecular flexibility index (Phi) is 5.34. The number of aliphatic hydroxyl groups excluding tert-OH is 1. The lowest BCUT2D eigenvalue weighted by atomic mass is 9.52. The molecule has 2 saturated carbocycles. The van der Waals surface area contributed by atoms with Gasteiger partial charge < -0.3 is 15.5 Å². The number of aryl methyl sites for hydroxylation is 2. The van der Waals surface area contributed by atoms with Gasteiger partial charge in [0, 0.05) is 22.6 Å². The first-order valence-electron chi connectivity index (χ1n) is 12.0. The Hall–Kier alpha value is -2.68. The third-order valence-electron chi connectivity index (χ3n) is 8.62. The molecule has 1 heterocycles. The van der Waals surface area contributed by atoms with Crippen LogP contribution in [0.15, 0.2) is 36.5 Å². The highest BCUT2D eigenvalue weighted by Crippen LogP contribution is 2.64. The number of rotatable bonds is 2. The zero-order valence-electron chi connectivity index (χ0n) is 19.6. The van der Waals surface area contributed by atoms with Crippen molar-refractivity contribution in [2.75, 3.05) is 5.32 Å². The topological polar surface area (TPSA) is 82.5 Å². The summed E-state index contributed by atoms with van der Waals surface area (Å²) >= 11 is 0. The van der Waals surface area contributed by atoms with Crippen molar-refractivity contribution in [1.82, 2.24) is 4.98 Å². The molecule has 1 aromatic carbocycles. The SMILES string of the molecule is CC#C[C@]1(O)CC[C@H]2[C@@H]3CCc4cc(C(=O)Nc5ccc(C)nc5)ccc4[C@H]3[C@@H](O)C[C@@]21C. The van der Waals surface area contributed by atoms with Crippen LogP contribution in [0.4, 0.5) is 5.69 Å². The van der Waals surface area contributed by atoms with Gasteiger partial charge in [-0.3, -0.25) is 9.78 Å². The normalized spacial score (nSPS) is 34.3. The summed E-state index contributed by atoms with van der Waals surface area (Å²) < 4.78 is 0. The fourth-order valence-corrected chi connectivity index (χ4v) is 6.97. The second kappa shape index (κ2) is 7.97. The second-order valence-electron chi connectivity index (χ2n) is 10.4. The minimum atomic E-state index is -1.02. The molecule has 0 spiro atoms. The van der Waals surface area contributed by atoms with E-state index in [9.17, 15) is 15.0 Å². The molecule has 3 N–H and O–H groups in total. The van der Waals surface area contributed by atoms with Crippen LogP contribution in [0.25, 0.3) is 0 Å². The Bertz CT molecular complexity index is 1150. The molecule has 0 radical (unpaired) electrons. The van der Waals surface area contributed by atoms with E-state index >= 15 is 0 Å². The molecule has 5 heteroatoms. The highest BCUT2D eigenvalue weighted by molar-refractivity contribution is 6.04. The summed E-state index contributed by atoms with van der Waals surface area (Å²) in [7, 11) is 0. The zero-order chi connectivity index (χ0) is 23.4. The van der Waals surface area contributed by atoms with Crippen molar-refractivity contribution in [3.05, 3.63) is 58.9 Å². The van der Waals surface area contributed by atoms with Gasteiger partial charge in [-0.2, -0.15) is 0 Å². The number of carbonyl (C=O) groups is 1. The maximum Gasteiger partial charge on any atom is 0.255 e. The molecule has 3 aliphatic carbocycles. The minimum Gasteiger partial charge on any atom is -0.392 e. The standard InChI is InChI=1S/C28H32N2O3/c1-4-12-28(33)13-11-23-22-10-6-18-14-19(26(32)30-20-8-5-17(2)29-16-20)7-9-21(18)25(22)24(31)15-27(23,28)3/h5,7-9,14,16,22-25,31,33H,6,10-11,13,15H2,1-3H3,(H,30,32)/t22-,23-,24-,25+,27-,28-/m0/s1. The van der Waals surface area contributed by atoms with Crippen molar-refractivity contribution in [2.45, 2.75) is 70.5 Å². The van der Waals surface area contributed by atoms with Crippen LogP contribution in [-0.2, 0) is 6.42 Å². The number of hydrogen-bond donors (Lipinski definition) is 3. The van der Waals surface area contributed by atoms with Crippen LogP contribution in [0.1, 0.15) is 72.6 Å². The molecule has 1 aromatic heterocycles. The van der Waals surface area contributed by atoms with E-state index in [1.165, 1.54) is 0 Å². The molecule has 1 amide bonds. The van der Waals surface area contributed by atoms with Gasteiger partial charge in [-0.1, -0.05) is 18.9 Å². The van der Waals surface area contributed by atoms with Gasteiger partial charge in [-0.15, -0.1) is 5.92 Å². The summed E-state index contributed by atoms with van der Waals surface area (Å²) in [6.45, 7) is 5.81. The summed E-state index contributed by atoms with van der Waals surface area (Å²) in [6.07, 6.45) is 5.12. The number of benzene rings is 1. The van der Waals surface area contributed by atoms with Gasteiger partial charge >= 0.3 is 0 Å². The minimum absolute atomic E-state index is 0.0437.